The third-order valence-electron chi connectivity index (χ3n) is 7.75. The van der Waals surface area contributed by atoms with Crippen molar-refractivity contribution in [3.63, 3.8) is 0 Å². The van der Waals surface area contributed by atoms with Gasteiger partial charge in [0.05, 0.1) is 73.4 Å². The summed E-state index contributed by atoms with van der Waals surface area (Å²) in [6.45, 7) is 7.70. The molecule has 0 bridgehead atoms. The number of aromatic nitrogens is 8. The maximum atomic E-state index is 13.5. The van der Waals surface area contributed by atoms with Crippen molar-refractivity contribution in [2.24, 2.45) is 0 Å². The molecule has 0 saturated carbocycles. The van der Waals surface area contributed by atoms with E-state index in [1.165, 1.54) is 19.5 Å². The van der Waals surface area contributed by atoms with Crippen LogP contribution < -0.4 is 0 Å². The summed E-state index contributed by atoms with van der Waals surface area (Å²) in [5, 5.41) is 37.3. The van der Waals surface area contributed by atoms with Gasteiger partial charge in [-0.25, -0.2) is 18.6 Å². The number of aliphatic hydroxyl groups excluding tert-OH is 2. The lowest BCUT2D eigenvalue weighted by Crippen LogP contribution is -2.14. The summed E-state index contributed by atoms with van der Waals surface area (Å²) < 4.78 is 17.3. The summed E-state index contributed by atoms with van der Waals surface area (Å²) in [5.74, 6) is -1.14. The van der Waals surface area contributed by atoms with Gasteiger partial charge in [-0.3, -0.25) is 9.36 Å². The highest BCUT2D eigenvalue weighted by molar-refractivity contribution is 5.98. The van der Waals surface area contributed by atoms with E-state index in [1.807, 2.05) is 38.2 Å². The fourth-order valence-corrected chi connectivity index (χ4v) is 5.53. The summed E-state index contributed by atoms with van der Waals surface area (Å²) >= 11 is 0. The predicted molar refractivity (Wildman–Crippen MR) is 166 cm³/mol. The van der Waals surface area contributed by atoms with Crippen molar-refractivity contribution in [2.75, 3.05) is 7.11 Å². The van der Waals surface area contributed by atoms with Gasteiger partial charge < -0.3 is 19.7 Å². The second-order valence-electron chi connectivity index (χ2n) is 11.3. The van der Waals surface area contributed by atoms with Crippen LogP contribution in [0.25, 0.3) is 33.3 Å². The van der Waals surface area contributed by atoms with E-state index < -0.39 is 24.1 Å². The van der Waals surface area contributed by atoms with E-state index in [1.54, 1.807) is 50.7 Å². The van der Waals surface area contributed by atoms with Gasteiger partial charge >= 0.3 is 11.9 Å². The van der Waals surface area contributed by atoms with E-state index in [4.69, 9.17) is 9.47 Å². The summed E-state index contributed by atoms with van der Waals surface area (Å²) in [7, 11) is 1.30. The van der Waals surface area contributed by atoms with Crippen LogP contribution in [0, 0.1) is 13.8 Å². The smallest absolute Gasteiger partial charge is 0.342 e. The fraction of sp³-hybridized carbons (Fsp3) is 0.312. The minimum atomic E-state index is -0.589. The lowest BCUT2D eigenvalue weighted by Gasteiger charge is -2.11. The molecule has 14 nitrogen and oxygen atoms in total. The topological polar surface area (TPSA) is 163 Å². The van der Waals surface area contributed by atoms with Crippen LogP contribution in [0.3, 0.4) is 0 Å². The molecule has 2 atom stereocenters. The normalized spacial score (nSPS) is 12.9. The number of aryl methyl sites for hydroxylation is 1. The Morgan fingerprint density at radius 2 is 1.59 bits per heavy atom. The standard InChI is InChI=1S/C32H34N8O6/c1-18(41)14-37-16-28(20(3)36-37)22-6-7-38-29(9-22)26(12-33-38)32(44)46-17-24-8-23(25-11-34-39(21(25)4)15-19(2)42)10-30-27(31(43)45-5)13-35-40(24)30/h6-13,16,18-19,41-42H,14-15,17H2,1-5H3/t18-,19-/m0/s1. The third-order valence-corrected chi connectivity index (χ3v) is 7.75. The molecule has 0 unspecified atom stereocenters. The molecule has 6 aromatic rings. The van der Waals surface area contributed by atoms with Crippen molar-refractivity contribution >= 4 is 23.0 Å². The number of aliphatic hydroxyl groups is 2. The second-order valence-corrected chi connectivity index (χ2v) is 11.3. The minimum absolute atomic E-state index is 0.158. The molecule has 0 saturated heterocycles. The van der Waals surface area contributed by atoms with Gasteiger partial charge in [-0.2, -0.15) is 20.4 Å². The van der Waals surface area contributed by atoms with E-state index in [2.05, 4.69) is 20.4 Å². The first-order chi connectivity index (χ1) is 22.0. The summed E-state index contributed by atoms with van der Waals surface area (Å²) in [6.07, 6.45) is 7.07. The Labute approximate surface area is 263 Å². The summed E-state index contributed by atoms with van der Waals surface area (Å²) in [4.78, 5) is 26.0. The molecule has 46 heavy (non-hydrogen) atoms. The lowest BCUT2D eigenvalue weighted by atomic mass is 10.1. The highest BCUT2D eigenvalue weighted by Gasteiger charge is 2.21. The van der Waals surface area contributed by atoms with Crippen LogP contribution in [0.2, 0.25) is 0 Å². The van der Waals surface area contributed by atoms with Gasteiger partial charge in [0.25, 0.3) is 0 Å². The van der Waals surface area contributed by atoms with E-state index in [-0.39, 0.29) is 17.7 Å². The van der Waals surface area contributed by atoms with Gasteiger partial charge in [0.15, 0.2) is 0 Å². The predicted octanol–water partition coefficient (Wildman–Crippen LogP) is 3.23. The molecule has 0 radical (unpaired) electrons. The Balaban J connectivity index is 1.33. The molecule has 0 aliphatic carbocycles. The molecule has 6 aromatic heterocycles. The van der Waals surface area contributed by atoms with Crippen LogP contribution in [0.15, 0.2) is 55.2 Å². The Hall–Kier alpha value is -5.34. The van der Waals surface area contributed by atoms with Gasteiger partial charge in [0, 0.05) is 29.2 Å². The van der Waals surface area contributed by atoms with Crippen LogP contribution in [0.4, 0.5) is 0 Å². The Morgan fingerprint density at radius 3 is 2.33 bits per heavy atom. The zero-order valence-electron chi connectivity index (χ0n) is 26.1. The van der Waals surface area contributed by atoms with E-state index >= 15 is 0 Å². The Bertz CT molecular complexity index is 2080. The highest BCUT2D eigenvalue weighted by Crippen LogP contribution is 2.29. The molecule has 0 aliphatic heterocycles. The number of hydrogen-bond acceptors (Lipinski definition) is 10. The number of rotatable bonds is 10. The van der Waals surface area contributed by atoms with Crippen molar-refractivity contribution in [1.82, 2.24) is 38.8 Å². The number of esters is 2. The lowest BCUT2D eigenvalue weighted by molar-refractivity contribution is 0.0467. The zero-order valence-corrected chi connectivity index (χ0v) is 26.1. The monoisotopic (exact) mass is 626 g/mol. The number of carbonyl (C=O) groups is 2. The highest BCUT2D eigenvalue weighted by atomic mass is 16.5. The number of fused-ring (bicyclic) bond motifs is 2. The number of carbonyl (C=O) groups excluding carboxylic acids is 2. The average Bonchev–Trinajstić information content (AvgIpc) is 3.80. The molecule has 6 rings (SSSR count). The number of methoxy groups -OCH3 is 1. The number of ether oxygens (including phenoxy) is 2. The maximum Gasteiger partial charge on any atom is 0.342 e. The summed E-state index contributed by atoms with van der Waals surface area (Å²) in [6, 6.07) is 7.37. The fourth-order valence-electron chi connectivity index (χ4n) is 5.53. The quantitative estimate of drug-likeness (QED) is 0.216. The van der Waals surface area contributed by atoms with Gasteiger partial charge in [-0.15, -0.1) is 0 Å². The van der Waals surface area contributed by atoms with Crippen molar-refractivity contribution in [2.45, 2.75) is 59.6 Å². The maximum absolute atomic E-state index is 13.5. The van der Waals surface area contributed by atoms with E-state index in [9.17, 15) is 19.8 Å². The Kier molecular flexibility index (Phi) is 8.15. The first-order valence-electron chi connectivity index (χ1n) is 14.7. The number of nitrogens with zero attached hydrogens (tertiary/aromatic N) is 8. The van der Waals surface area contributed by atoms with Crippen molar-refractivity contribution in [3.8, 4) is 22.3 Å². The van der Waals surface area contributed by atoms with Crippen molar-refractivity contribution in [1.29, 1.82) is 0 Å². The molecule has 0 amide bonds. The molecule has 0 aromatic carbocycles. The molecule has 238 valence electrons. The van der Waals surface area contributed by atoms with Gasteiger partial charge in [-0.1, -0.05) is 0 Å². The van der Waals surface area contributed by atoms with Crippen molar-refractivity contribution in [3.05, 3.63) is 83.5 Å². The molecule has 0 fully saturated rings. The molecule has 6 heterocycles. The van der Waals surface area contributed by atoms with Crippen LogP contribution in [-0.4, -0.2) is 80.3 Å². The second kappa shape index (κ2) is 12.2. The molecule has 2 N–H and O–H groups in total. The Morgan fingerprint density at radius 1 is 0.870 bits per heavy atom. The molecule has 0 spiro atoms. The van der Waals surface area contributed by atoms with E-state index in [0.29, 0.717) is 29.8 Å². The SMILES string of the molecule is COC(=O)c1cnn2c(COC(=O)c3cnn4ccc(-c5cn(C[C@H](C)O)nc5C)cc34)cc(-c3cnn(C[C@H](C)O)c3C)cc12. The number of hydrogen-bond donors (Lipinski definition) is 2. The van der Waals surface area contributed by atoms with Gasteiger partial charge in [-0.05, 0) is 63.1 Å². The van der Waals surface area contributed by atoms with Gasteiger partial charge in [0.2, 0.25) is 0 Å². The average molecular weight is 627 g/mol. The molecular formula is C32H34N8O6. The molecule has 0 aliphatic rings. The third kappa shape index (κ3) is 5.75. The molecule has 14 heteroatoms. The first kappa shape index (κ1) is 30.7. The largest absolute Gasteiger partial charge is 0.465 e. The van der Waals surface area contributed by atoms with Crippen LogP contribution in [0.1, 0.15) is 51.6 Å². The molecular weight excluding hydrogens is 592 g/mol. The zero-order chi connectivity index (χ0) is 32.7. The van der Waals surface area contributed by atoms with Crippen LogP contribution in [-0.2, 0) is 29.2 Å². The minimum Gasteiger partial charge on any atom is -0.465 e. The van der Waals surface area contributed by atoms with Gasteiger partial charge in [0.1, 0.15) is 17.7 Å². The van der Waals surface area contributed by atoms with Crippen LogP contribution >= 0.6 is 0 Å². The number of pyridine rings is 2. The summed E-state index contributed by atoms with van der Waals surface area (Å²) in [5.41, 5.74) is 6.90. The van der Waals surface area contributed by atoms with Crippen LogP contribution in [0.5, 0.6) is 0 Å². The van der Waals surface area contributed by atoms with Crippen molar-refractivity contribution < 1.29 is 29.3 Å². The first-order valence-corrected chi connectivity index (χ1v) is 14.7. The van der Waals surface area contributed by atoms with E-state index in [0.717, 1.165) is 33.6 Å².